The minimum atomic E-state index is 0.562. The van der Waals surface area contributed by atoms with E-state index in [1.807, 2.05) is 24.7 Å². The molecule has 5 nitrogen and oxygen atoms in total. The Labute approximate surface area is 87.1 Å². The van der Waals surface area contributed by atoms with Crippen LogP contribution >= 0.6 is 0 Å². The van der Waals surface area contributed by atoms with Crippen molar-refractivity contribution in [2.45, 2.75) is 32.7 Å². The van der Waals surface area contributed by atoms with Gasteiger partial charge >= 0.3 is 0 Å². The molecule has 1 aliphatic rings. The Morgan fingerprint density at radius 3 is 2.80 bits per heavy atom. The predicted molar refractivity (Wildman–Crippen MR) is 53.3 cm³/mol. The first-order valence-corrected chi connectivity index (χ1v) is 5.11. The molecule has 0 spiro atoms. The molecule has 1 saturated carbocycles. The van der Waals surface area contributed by atoms with E-state index >= 15 is 0 Å². The van der Waals surface area contributed by atoms with Crippen molar-refractivity contribution < 1.29 is 4.52 Å². The van der Waals surface area contributed by atoms with Gasteiger partial charge in [-0.2, -0.15) is 0 Å². The highest BCUT2D eigenvalue weighted by Gasteiger charge is 2.26. The fourth-order valence-corrected chi connectivity index (χ4v) is 1.76. The van der Waals surface area contributed by atoms with Crippen molar-refractivity contribution in [3.05, 3.63) is 17.7 Å². The summed E-state index contributed by atoms with van der Waals surface area (Å²) in [7, 11) is 0. The van der Waals surface area contributed by atoms with Crippen LogP contribution in [0, 0.1) is 13.8 Å². The first-order chi connectivity index (χ1) is 7.25. The van der Waals surface area contributed by atoms with Gasteiger partial charge in [-0.1, -0.05) is 10.4 Å². The summed E-state index contributed by atoms with van der Waals surface area (Å²) in [6.07, 6.45) is 4.40. The molecule has 0 saturated heterocycles. The lowest BCUT2D eigenvalue weighted by Crippen LogP contribution is -1.92. The normalized spacial score (nSPS) is 15.9. The molecule has 0 aliphatic heterocycles. The molecule has 0 N–H and O–H groups in total. The van der Waals surface area contributed by atoms with Crippen LogP contribution in [0.2, 0.25) is 0 Å². The molecule has 78 valence electrons. The number of nitrogens with zero attached hydrogens (tertiary/aromatic N) is 4. The minimum absolute atomic E-state index is 0.562. The van der Waals surface area contributed by atoms with Gasteiger partial charge in [-0.3, -0.25) is 0 Å². The first-order valence-electron chi connectivity index (χ1n) is 5.11. The molecule has 0 radical (unpaired) electrons. The molecule has 0 aromatic carbocycles. The smallest absolute Gasteiger partial charge is 0.143 e. The lowest BCUT2D eigenvalue weighted by molar-refractivity contribution is 0.393. The lowest BCUT2D eigenvalue weighted by Gasteiger charge is -1.92. The van der Waals surface area contributed by atoms with Gasteiger partial charge in [-0.25, -0.2) is 4.68 Å². The molecule has 2 aromatic heterocycles. The van der Waals surface area contributed by atoms with Crippen LogP contribution in [0.25, 0.3) is 11.3 Å². The van der Waals surface area contributed by atoms with E-state index in [2.05, 4.69) is 15.5 Å². The second-order valence-corrected chi connectivity index (χ2v) is 4.01. The van der Waals surface area contributed by atoms with Crippen molar-refractivity contribution in [3.63, 3.8) is 0 Å². The zero-order chi connectivity index (χ0) is 10.4. The van der Waals surface area contributed by atoms with Crippen LogP contribution in [0.1, 0.15) is 30.3 Å². The average Bonchev–Trinajstić information content (AvgIpc) is 2.87. The Kier molecular flexibility index (Phi) is 1.68. The maximum Gasteiger partial charge on any atom is 0.143 e. The number of rotatable bonds is 2. The first kappa shape index (κ1) is 8.64. The van der Waals surface area contributed by atoms with Crippen LogP contribution in [-0.4, -0.2) is 20.2 Å². The van der Waals surface area contributed by atoms with Crippen LogP contribution in [0.3, 0.4) is 0 Å². The molecule has 2 aromatic rings. The van der Waals surface area contributed by atoms with Crippen molar-refractivity contribution in [1.82, 2.24) is 20.2 Å². The quantitative estimate of drug-likeness (QED) is 0.749. The third kappa shape index (κ3) is 1.35. The van der Waals surface area contributed by atoms with Gasteiger partial charge in [0.25, 0.3) is 0 Å². The predicted octanol–water partition coefficient (Wildman–Crippen LogP) is 1.88. The molecule has 15 heavy (non-hydrogen) atoms. The highest BCUT2D eigenvalue weighted by molar-refractivity contribution is 5.62. The number of hydrogen-bond acceptors (Lipinski definition) is 4. The van der Waals surface area contributed by atoms with E-state index in [-0.39, 0.29) is 0 Å². The Morgan fingerprint density at radius 2 is 2.20 bits per heavy atom. The van der Waals surface area contributed by atoms with Gasteiger partial charge in [0.1, 0.15) is 11.5 Å². The van der Waals surface area contributed by atoms with Crippen LogP contribution in [0.4, 0.5) is 0 Å². The highest BCUT2D eigenvalue weighted by Crippen LogP contribution is 2.35. The van der Waals surface area contributed by atoms with E-state index in [0.717, 1.165) is 22.7 Å². The molecule has 3 rings (SSSR count). The van der Waals surface area contributed by atoms with Crippen molar-refractivity contribution in [2.75, 3.05) is 0 Å². The average molecular weight is 204 g/mol. The van der Waals surface area contributed by atoms with Crippen LogP contribution < -0.4 is 0 Å². The molecular weight excluding hydrogens is 192 g/mol. The molecule has 0 unspecified atom stereocenters. The largest absolute Gasteiger partial charge is 0.361 e. The summed E-state index contributed by atoms with van der Waals surface area (Å²) in [5.41, 5.74) is 2.70. The Balaban J connectivity index is 2.04. The number of aryl methyl sites for hydroxylation is 2. The molecule has 1 aliphatic carbocycles. The summed E-state index contributed by atoms with van der Waals surface area (Å²) in [6, 6.07) is 0.562. The van der Waals surface area contributed by atoms with Crippen molar-refractivity contribution in [3.8, 4) is 11.3 Å². The zero-order valence-electron chi connectivity index (χ0n) is 8.77. The summed E-state index contributed by atoms with van der Waals surface area (Å²) in [4.78, 5) is 0. The fraction of sp³-hybridized carbons (Fsp3) is 0.500. The molecular formula is C10H12N4O. The van der Waals surface area contributed by atoms with Crippen molar-refractivity contribution in [2.24, 2.45) is 0 Å². The Morgan fingerprint density at radius 1 is 1.40 bits per heavy atom. The summed E-state index contributed by atoms with van der Waals surface area (Å²) < 4.78 is 7.04. The summed E-state index contributed by atoms with van der Waals surface area (Å²) in [6.45, 7) is 3.81. The fourth-order valence-electron chi connectivity index (χ4n) is 1.76. The molecule has 0 amide bonds. The third-order valence-electron chi connectivity index (χ3n) is 2.72. The van der Waals surface area contributed by atoms with E-state index in [4.69, 9.17) is 4.52 Å². The topological polar surface area (TPSA) is 56.7 Å². The van der Waals surface area contributed by atoms with Crippen LogP contribution in [0.15, 0.2) is 10.7 Å². The van der Waals surface area contributed by atoms with Gasteiger partial charge in [0.2, 0.25) is 0 Å². The van der Waals surface area contributed by atoms with Crippen molar-refractivity contribution >= 4 is 0 Å². The Hall–Kier alpha value is -1.65. The minimum Gasteiger partial charge on any atom is -0.361 e. The van der Waals surface area contributed by atoms with Gasteiger partial charge in [0.05, 0.1) is 23.5 Å². The van der Waals surface area contributed by atoms with Crippen molar-refractivity contribution in [1.29, 1.82) is 0 Å². The molecule has 5 heteroatoms. The maximum atomic E-state index is 5.11. The monoisotopic (exact) mass is 204 g/mol. The summed E-state index contributed by atoms with van der Waals surface area (Å²) in [5, 5.41) is 12.2. The molecule has 2 heterocycles. The van der Waals surface area contributed by atoms with E-state index in [9.17, 15) is 0 Å². The lowest BCUT2D eigenvalue weighted by atomic mass is 10.1. The molecule has 0 bridgehead atoms. The van der Waals surface area contributed by atoms with Gasteiger partial charge in [-0.15, -0.1) is 5.10 Å². The van der Waals surface area contributed by atoms with Crippen LogP contribution in [0.5, 0.6) is 0 Å². The van der Waals surface area contributed by atoms with Gasteiger partial charge in [0, 0.05) is 0 Å². The standard InChI is InChI=1S/C10H12N4O/c1-6-10(7(2)15-12-6)9-5-14(13-11-9)8-3-4-8/h5,8H,3-4H2,1-2H3. The van der Waals surface area contributed by atoms with Crippen LogP contribution in [-0.2, 0) is 0 Å². The summed E-state index contributed by atoms with van der Waals surface area (Å²) >= 11 is 0. The third-order valence-corrected chi connectivity index (χ3v) is 2.72. The van der Waals surface area contributed by atoms with Gasteiger partial charge < -0.3 is 4.52 Å². The SMILES string of the molecule is Cc1noc(C)c1-c1cn(C2CC2)nn1. The van der Waals surface area contributed by atoms with E-state index in [0.29, 0.717) is 6.04 Å². The van der Waals surface area contributed by atoms with E-state index in [1.165, 1.54) is 12.8 Å². The van der Waals surface area contributed by atoms with Gasteiger partial charge in [0.15, 0.2) is 0 Å². The van der Waals surface area contributed by atoms with Gasteiger partial charge in [-0.05, 0) is 26.7 Å². The zero-order valence-corrected chi connectivity index (χ0v) is 8.77. The number of aromatic nitrogens is 4. The summed E-state index contributed by atoms with van der Waals surface area (Å²) in [5.74, 6) is 0.801. The number of hydrogen-bond donors (Lipinski definition) is 0. The molecule has 1 fully saturated rings. The molecule has 0 atom stereocenters. The Bertz CT molecular complexity index is 476. The second-order valence-electron chi connectivity index (χ2n) is 4.01. The highest BCUT2D eigenvalue weighted by atomic mass is 16.5. The second kappa shape index (κ2) is 2.92. The maximum absolute atomic E-state index is 5.11. The van der Waals surface area contributed by atoms with E-state index in [1.54, 1.807) is 0 Å². The van der Waals surface area contributed by atoms with E-state index < -0.39 is 0 Å².